The topological polar surface area (TPSA) is 204 Å². The van der Waals surface area contributed by atoms with Crippen LogP contribution in [0, 0.1) is 17.9 Å². The lowest BCUT2D eigenvalue weighted by atomic mass is 10.2. The minimum atomic E-state index is -0.772. The van der Waals surface area contributed by atoms with Crippen molar-refractivity contribution in [2.75, 3.05) is 19.8 Å². The number of allylic oxidation sites excluding steroid dienone is 1. The molecular formula is C52H40N2O14S2. The van der Waals surface area contributed by atoms with Crippen molar-refractivity contribution in [2.24, 2.45) is 0 Å². The Morgan fingerprint density at radius 1 is 0.557 bits per heavy atom. The van der Waals surface area contributed by atoms with Crippen LogP contribution in [0.15, 0.2) is 154 Å². The number of ether oxygens (including phenoxy) is 8. The third-order valence-corrected chi connectivity index (χ3v) is 12.1. The van der Waals surface area contributed by atoms with E-state index in [1.54, 1.807) is 48.5 Å². The maximum absolute atomic E-state index is 13.4. The zero-order chi connectivity index (χ0) is 49.8. The second-order valence-corrected chi connectivity index (χ2v) is 16.6. The van der Waals surface area contributed by atoms with E-state index >= 15 is 0 Å². The molecule has 0 aliphatic carbocycles. The summed E-state index contributed by atoms with van der Waals surface area (Å²) in [5.41, 5.74) is 0.531. The Bertz CT molecular complexity index is 2870. The van der Waals surface area contributed by atoms with Crippen LogP contribution in [0.5, 0.6) is 34.5 Å². The Morgan fingerprint density at radius 3 is 1.36 bits per heavy atom. The van der Waals surface area contributed by atoms with Crippen LogP contribution in [-0.4, -0.2) is 55.6 Å². The fourth-order valence-corrected chi connectivity index (χ4v) is 8.45. The number of nitrogens with zero attached hydrogens (tertiary/aromatic N) is 2. The standard InChI is InChI=1S/C52H40N2O14S2/c1-4-44(55)64-31-9-8-30-63-38-21-13-34(14-22-38)49(58)66-40-25-17-36(18-26-40)51(60)68-43-28-27-42(46-47(43)70-52(69-46)41(32-53)54-3)67-50(59)35-15-23-39(24-16-35)65-48(57)33-11-19-37(20-12-33)62-29-7-6-10-45(56)61-5-2/h4-5,11-28H,1-2,6-10,29-31H2/b52-41+. The molecule has 0 atom stereocenters. The molecule has 1 aliphatic heterocycles. The first-order valence-electron chi connectivity index (χ1n) is 21.2. The van der Waals surface area contributed by atoms with Crippen LogP contribution in [0.25, 0.3) is 4.85 Å². The predicted octanol–water partition coefficient (Wildman–Crippen LogP) is 10.5. The first kappa shape index (κ1) is 50.8. The summed E-state index contributed by atoms with van der Waals surface area (Å²) >= 11 is 2.01. The Kier molecular flexibility index (Phi) is 18.5. The summed E-state index contributed by atoms with van der Waals surface area (Å²) < 4.78 is 43.7. The zero-order valence-corrected chi connectivity index (χ0v) is 38.7. The largest absolute Gasteiger partial charge is 0.494 e. The van der Waals surface area contributed by atoms with Crippen LogP contribution in [-0.2, 0) is 19.1 Å². The molecule has 0 spiro atoms. The molecular weight excluding hydrogens is 941 g/mol. The minimum Gasteiger partial charge on any atom is -0.494 e. The molecule has 0 saturated heterocycles. The maximum Gasteiger partial charge on any atom is 0.343 e. The minimum absolute atomic E-state index is 0.0692. The van der Waals surface area contributed by atoms with Gasteiger partial charge in [-0.1, -0.05) is 36.7 Å². The molecule has 0 aromatic heterocycles. The molecule has 70 heavy (non-hydrogen) atoms. The van der Waals surface area contributed by atoms with Crippen molar-refractivity contribution in [1.82, 2.24) is 0 Å². The summed E-state index contributed by atoms with van der Waals surface area (Å²) in [5, 5.41) is 9.62. The highest BCUT2D eigenvalue weighted by atomic mass is 32.2. The maximum atomic E-state index is 13.4. The zero-order valence-electron chi connectivity index (χ0n) is 37.0. The Labute approximate surface area is 410 Å². The lowest BCUT2D eigenvalue weighted by Crippen LogP contribution is -2.12. The molecule has 1 heterocycles. The number of hydrogen-bond donors (Lipinski definition) is 0. The normalized spacial score (nSPS) is 11.8. The molecule has 16 nitrogen and oxygen atoms in total. The third kappa shape index (κ3) is 14.5. The number of unbranched alkanes of at least 4 members (excludes halogenated alkanes) is 2. The van der Waals surface area contributed by atoms with Crippen molar-refractivity contribution in [2.45, 2.75) is 41.9 Å². The third-order valence-electron chi connectivity index (χ3n) is 9.50. The fourth-order valence-electron chi connectivity index (χ4n) is 5.98. The summed E-state index contributed by atoms with van der Waals surface area (Å²) in [5.74, 6) is -2.14. The van der Waals surface area contributed by atoms with Crippen LogP contribution in [0.2, 0.25) is 0 Å². The van der Waals surface area contributed by atoms with Crippen LogP contribution in [0.1, 0.15) is 73.5 Å². The number of carbonyl (C=O) groups is 6. The van der Waals surface area contributed by atoms with Gasteiger partial charge in [-0.2, -0.15) is 0 Å². The van der Waals surface area contributed by atoms with Crippen molar-refractivity contribution in [3.8, 4) is 40.6 Å². The predicted molar refractivity (Wildman–Crippen MR) is 255 cm³/mol. The van der Waals surface area contributed by atoms with Gasteiger partial charge in [0.05, 0.1) is 75.0 Å². The van der Waals surface area contributed by atoms with Crippen molar-refractivity contribution >= 4 is 59.3 Å². The van der Waals surface area contributed by atoms with E-state index in [0.717, 1.165) is 35.9 Å². The van der Waals surface area contributed by atoms with Crippen LogP contribution >= 0.6 is 23.5 Å². The van der Waals surface area contributed by atoms with E-state index in [2.05, 4.69) is 22.7 Å². The molecule has 0 bridgehead atoms. The number of carbonyl (C=O) groups excluding carboxylic acids is 6. The van der Waals surface area contributed by atoms with Gasteiger partial charge in [0, 0.05) is 12.5 Å². The highest BCUT2D eigenvalue weighted by molar-refractivity contribution is 8.24. The number of benzene rings is 5. The quantitative estimate of drug-likeness (QED) is 0.0120. The Balaban J connectivity index is 1.02. The Morgan fingerprint density at radius 2 is 0.957 bits per heavy atom. The monoisotopic (exact) mass is 980 g/mol. The van der Waals surface area contributed by atoms with Gasteiger partial charge in [0.1, 0.15) is 34.5 Å². The molecule has 1 aliphatic rings. The fraction of sp³-hybridized carbons (Fsp3) is 0.154. The summed E-state index contributed by atoms with van der Waals surface area (Å²) in [7, 11) is 0. The van der Waals surface area contributed by atoms with Gasteiger partial charge < -0.3 is 37.9 Å². The molecule has 5 aromatic rings. The smallest absolute Gasteiger partial charge is 0.343 e. The van der Waals surface area contributed by atoms with Crippen LogP contribution in [0.4, 0.5) is 0 Å². The summed E-state index contributed by atoms with van der Waals surface area (Å²) in [4.78, 5) is 78.9. The molecule has 0 N–H and O–H groups in total. The first-order chi connectivity index (χ1) is 34.0. The lowest BCUT2D eigenvalue weighted by Gasteiger charge is -2.12. The SMILES string of the molecule is [C-]#[N+]/C(C#N)=C1/Sc2c(OC(=O)c3ccc(OC(=O)c4ccc(OCCCCOC(=O)C=C)cc4)cc3)ccc(OC(=O)c3ccc(OC(=O)c4ccc(OCCCCC(=O)OC=C)cc4)cc3)c2S1. The van der Waals surface area contributed by atoms with Crippen molar-refractivity contribution in [3.05, 3.63) is 178 Å². The van der Waals surface area contributed by atoms with Gasteiger partial charge in [0.15, 0.2) is 0 Å². The second-order valence-electron chi connectivity index (χ2n) is 14.3. The van der Waals surface area contributed by atoms with E-state index in [-0.39, 0.29) is 74.2 Å². The van der Waals surface area contributed by atoms with E-state index in [1.807, 2.05) is 6.07 Å². The molecule has 0 radical (unpaired) electrons. The van der Waals surface area contributed by atoms with E-state index < -0.39 is 29.8 Å². The van der Waals surface area contributed by atoms with Crippen LogP contribution < -0.4 is 28.4 Å². The van der Waals surface area contributed by atoms with Gasteiger partial charge in [-0.25, -0.2) is 34.1 Å². The Hall–Kier alpha value is -8.58. The molecule has 6 rings (SSSR count). The number of esters is 6. The van der Waals surface area contributed by atoms with Gasteiger partial charge in [0.25, 0.3) is 5.70 Å². The molecule has 5 aromatic carbocycles. The summed E-state index contributed by atoms with van der Waals surface area (Å²) in [6.45, 7) is 15.2. The highest BCUT2D eigenvalue weighted by Gasteiger charge is 2.30. The van der Waals surface area contributed by atoms with E-state index in [1.165, 1.54) is 60.7 Å². The number of nitriles is 1. The number of fused-ring (bicyclic) bond motifs is 1. The van der Waals surface area contributed by atoms with Crippen molar-refractivity contribution in [1.29, 1.82) is 5.26 Å². The molecule has 0 saturated carbocycles. The number of rotatable bonds is 22. The van der Waals surface area contributed by atoms with Gasteiger partial charge in [0.2, 0.25) is 0 Å². The molecule has 0 amide bonds. The second kappa shape index (κ2) is 25.5. The lowest BCUT2D eigenvalue weighted by molar-refractivity contribution is -0.138. The van der Waals surface area contributed by atoms with E-state index in [0.29, 0.717) is 60.2 Å². The first-order valence-corrected chi connectivity index (χ1v) is 22.8. The summed E-state index contributed by atoms with van der Waals surface area (Å²) in [6, 6.07) is 28.7. The highest BCUT2D eigenvalue weighted by Crippen LogP contribution is 2.59. The van der Waals surface area contributed by atoms with Gasteiger partial charge in [-0.3, -0.25) is 4.79 Å². The number of hydrogen-bond acceptors (Lipinski definition) is 17. The van der Waals surface area contributed by atoms with E-state index in [9.17, 15) is 34.0 Å². The average Bonchev–Trinajstić information content (AvgIpc) is 3.83. The summed E-state index contributed by atoms with van der Waals surface area (Å²) in [6.07, 6.45) is 4.90. The number of thioether (sulfide) groups is 2. The molecule has 354 valence electrons. The van der Waals surface area contributed by atoms with Gasteiger partial charge >= 0.3 is 35.8 Å². The van der Waals surface area contributed by atoms with Crippen LogP contribution in [0.3, 0.4) is 0 Å². The molecule has 0 fully saturated rings. The molecule has 0 unspecified atom stereocenters. The van der Waals surface area contributed by atoms with Gasteiger partial charge in [-0.05, 0) is 135 Å². The molecule has 18 heteroatoms. The van der Waals surface area contributed by atoms with Crippen molar-refractivity contribution in [3.63, 3.8) is 0 Å². The van der Waals surface area contributed by atoms with E-state index in [4.69, 9.17) is 39.7 Å². The average molecular weight is 981 g/mol. The van der Waals surface area contributed by atoms with Crippen molar-refractivity contribution < 1.29 is 66.7 Å². The van der Waals surface area contributed by atoms with Gasteiger partial charge in [-0.15, -0.1) is 0 Å².